The lowest BCUT2D eigenvalue weighted by Gasteiger charge is -2.22. The predicted molar refractivity (Wildman–Crippen MR) is 149 cm³/mol. The van der Waals surface area contributed by atoms with Crippen LogP contribution in [0.3, 0.4) is 0 Å². The van der Waals surface area contributed by atoms with Gasteiger partial charge in [-0.3, -0.25) is 9.21 Å². The van der Waals surface area contributed by atoms with Crippen molar-refractivity contribution in [2.75, 3.05) is 23.9 Å². The van der Waals surface area contributed by atoms with Crippen LogP contribution in [0.15, 0.2) is 70.6 Å². The van der Waals surface area contributed by atoms with Crippen molar-refractivity contribution in [3.05, 3.63) is 77.1 Å². The van der Waals surface area contributed by atoms with Gasteiger partial charge in [-0.2, -0.15) is 0 Å². The molecule has 1 unspecified atom stereocenters. The van der Waals surface area contributed by atoms with Crippen LogP contribution in [0.2, 0.25) is 0 Å². The Balaban J connectivity index is 1.23. The second-order valence-corrected chi connectivity index (χ2v) is 13.1. The van der Waals surface area contributed by atoms with Crippen LogP contribution in [0.5, 0.6) is 0 Å². The fourth-order valence-corrected chi connectivity index (χ4v) is 8.40. The van der Waals surface area contributed by atoms with E-state index in [0.717, 1.165) is 53.5 Å². The highest BCUT2D eigenvalue weighted by molar-refractivity contribution is 7.94. The van der Waals surface area contributed by atoms with Gasteiger partial charge in [0, 0.05) is 54.4 Å². The number of hydrogen-bond donors (Lipinski definition) is 1. The molecule has 0 saturated carbocycles. The van der Waals surface area contributed by atoms with Gasteiger partial charge >= 0.3 is 0 Å². The summed E-state index contributed by atoms with van der Waals surface area (Å²) >= 11 is 2.89. The standard InChI is InChI=1S/C26H26N6O2S3/c1-2-32(37(33,34)23-8-4-13-35-23)22-7-3-6-18-14-21(30-24(18)22)26-29-15-20(36-26)17-31-12-9-19(16-31)25-27-10-5-11-28-25/h3-8,10-11,13-15,19,30H,2,9,12,16-17H2,1H3. The molecule has 5 heterocycles. The summed E-state index contributed by atoms with van der Waals surface area (Å²) in [6.07, 6.45) is 6.62. The number of nitrogens with zero attached hydrogens (tertiary/aromatic N) is 5. The minimum absolute atomic E-state index is 0.333. The molecule has 0 amide bonds. The SMILES string of the molecule is CCN(c1cccc2cc(-c3ncc(CN4CCC(c5ncccn5)C4)s3)[nH]c12)S(=O)(=O)c1cccs1. The number of H-pyrrole nitrogens is 1. The third kappa shape index (κ3) is 4.68. The third-order valence-corrected chi connectivity index (χ3v) is 10.9. The number of likely N-dealkylation sites (tertiary alicyclic amines) is 1. The van der Waals surface area contributed by atoms with Crippen LogP contribution in [0.1, 0.15) is 30.0 Å². The highest BCUT2D eigenvalue weighted by atomic mass is 32.2. The highest BCUT2D eigenvalue weighted by Gasteiger charge is 2.28. The van der Waals surface area contributed by atoms with E-state index in [9.17, 15) is 8.42 Å². The van der Waals surface area contributed by atoms with Crippen molar-refractivity contribution < 1.29 is 8.42 Å². The van der Waals surface area contributed by atoms with Gasteiger partial charge in [0.2, 0.25) is 0 Å². The molecule has 1 fully saturated rings. The molecule has 1 aliphatic rings. The summed E-state index contributed by atoms with van der Waals surface area (Å²) < 4.78 is 28.5. The van der Waals surface area contributed by atoms with E-state index in [4.69, 9.17) is 4.98 Å². The number of thiophene rings is 1. The molecule has 1 aliphatic heterocycles. The normalized spacial score (nSPS) is 16.5. The minimum Gasteiger partial charge on any atom is -0.351 e. The molecule has 0 aliphatic carbocycles. The lowest BCUT2D eigenvalue weighted by Crippen LogP contribution is -2.30. The van der Waals surface area contributed by atoms with E-state index in [2.05, 4.69) is 19.9 Å². The van der Waals surface area contributed by atoms with E-state index in [-0.39, 0.29) is 0 Å². The molecule has 37 heavy (non-hydrogen) atoms. The van der Waals surface area contributed by atoms with Gasteiger partial charge in [-0.15, -0.1) is 22.7 Å². The summed E-state index contributed by atoms with van der Waals surface area (Å²) in [4.78, 5) is 20.6. The van der Waals surface area contributed by atoms with E-state index in [1.165, 1.54) is 20.5 Å². The van der Waals surface area contributed by atoms with Crippen molar-refractivity contribution in [1.82, 2.24) is 24.8 Å². The Hall–Kier alpha value is -3.12. The van der Waals surface area contributed by atoms with Gasteiger partial charge in [0.15, 0.2) is 0 Å². The Bertz CT molecular complexity index is 1610. The first kappa shape index (κ1) is 24.2. The third-order valence-electron chi connectivity index (χ3n) is 6.62. The zero-order valence-electron chi connectivity index (χ0n) is 20.2. The van der Waals surface area contributed by atoms with Gasteiger partial charge in [0.05, 0.1) is 16.9 Å². The lowest BCUT2D eigenvalue weighted by molar-refractivity contribution is 0.328. The van der Waals surface area contributed by atoms with Gasteiger partial charge in [-0.05, 0) is 49.5 Å². The molecule has 0 spiro atoms. The Morgan fingerprint density at radius 3 is 2.78 bits per heavy atom. The largest absolute Gasteiger partial charge is 0.351 e. The second kappa shape index (κ2) is 9.97. The summed E-state index contributed by atoms with van der Waals surface area (Å²) in [5.74, 6) is 1.29. The molecule has 11 heteroatoms. The van der Waals surface area contributed by atoms with E-state index in [1.807, 2.05) is 55.8 Å². The summed E-state index contributed by atoms with van der Waals surface area (Å²) in [6.45, 7) is 4.99. The van der Waals surface area contributed by atoms with Crippen LogP contribution in [0.25, 0.3) is 21.6 Å². The van der Waals surface area contributed by atoms with Crippen LogP contribution >= 0.6 is 22.7 Å². The second-order valence-electron chi connectivity index (χ2n) is 8.99. The van der Waals surface area contributed by atoms with Crippen molar-refractivity contribution in [3.63, 3.8) is 0 Å². The van der Waals surface area contributed by atoms with Gasteiger partial charge in [0.25, 0.3) is 10.0 Å². The molecular formula is C26H26N6O2S3. The van der Waals surface area contributed by atoms with Crippen molar-refractivity contribution in [2.24, 2.45) is 0 Å². The molecule has 1 aromatic carbocycles. The van der Waals surface area contributed by atoms with Gasteiger partial charge in [-0.1, -0.05) is 18.2 Å². The molecule has 6 rings (SSSR count). The molecule has 4 aromatic heterocycles. The van der Waals surface area contributed by atoms with Crippen molar-refractivity contribution >= 4 is 49.3 Å². The van der Waals surface area contributed by atoms with Crippen LogP contribution in [0, 0.1) is 0 Å². The van der Waals surface area contributed by atoms with E-state index in [1.54, 1.807) is 28.8 Å². The monoisotopic (exact) mass is 550 g/mol. The molecule has 0 bridgehead atoms. The molecule has 190 valence electrons. The first-order valence-electron chi connectivity index (χ1n) is 12.1. The quantitative estimate of drug-likeness (QED) is 0.280. The van der Waals surface area contributed by atoms with E-state index < -0.39 is 10.0 Å². The first-order valence-corrected chi connectivity index (χ1v) is 15.3. The maximum atomic E-state index is 13.3. The van der Waals surface area contributed by atoms with Gasteiger partial charge in [0.1, 0.15) is 15.0 Å². The maximum Gasteiger partial charge on any atom is 0.273 e. The van der Waals surface area contributed by atoms with E-state index >= 15 is 0 Å². The number of rotatable bonds is 8. The fraction of sp³-hybridized carbons (Fsp3) is 0.269. The number of benzene rings is 1. The van der Waals surface area contributed by atoms with Crippen molar-refractivity contribution in [2.45, 2.75) is 30.0 Å². The molecule has 5 aromatic rings. The summed E-state index contributed by atoms with van der Waals surface area (Å²) in [5, 5.41) is 3.63. The number of sulfonamides is 1. The van der Waals surface area contributed by atoms with Crippen LogP contribution in [0.4, 0.5) is 5.69 Å². The summed E-state index contributed by atoms with van der Waals surface area (Å²) in [5.41, 5.74) is 2.32. The number of para-hydroxylation sites is 1. The molecule has 1 saturated heterocycles. The molecule has 1 atom stereocenters. The number of aromatic nitrogens is 4. The lowest BCUT2D eigenvalue weighted by atomic mass is 10.1. The Morgan fingerprint density at radius 1 is 1.14 bits per heavy atom. The van der Waals surface area contributed by atoms with E-state index in [0.29, 0.717) is 22.4 Å². The van der Waals surface area contributed by atoms with Crippen molar-refractivity contribution in [3.8, 4) is 10.7 Å². The number of aromatic amines is 1. The molecule has 0 radical (unpaired) electrons. The maximum absolute atomic E-state index is 13.3. The Kier molecular flexibility index (Phi) is 6.53. The van der Waals surface area contributed by atoms with Gasteiger partial charge < -0.3 is 4.98 Å². The van der Waals surface area contributed by atoms with Crippen LogP contribution in [-0.4, -0.2) is 52.9 Å². The highest BCUT2D eigenvalue weighted by Crippen LogP contribution is 2.36. The van der Waals surface area contributed by atoms with Crippen LogP contribution < -0.4 is 4.31 Å². The zero-order chi connectivity index (χ0) is 25.4. The number of hydrogen-bond acceptors (Lipinski definition) is 8. The minimum atomic E-state index is -3.64. The predicted octanol–water partition coefficient (Wildman–Crippen LogP) is 5.35. The number of nitrogens with one attached hydrogen (secondary N) is 1. The van der Waals surface area contributed by atoms with Crippen molar-refractivity contribution in [1.29, 1.82) is 0 Å². The molecular weight excluding hydrogens is 525 g/mol. The molecule has 8 nitrogen and oxygen atoms in total. The fourth-order valence-electron chi connectivity index (χ4n) is 4.89. The average Bonchev–Trinajstić information content (AvgIpc) is 3.72. The summed E-state index contributed by atoms with van der Waals surface area (Å²) in [6, 6.07) is 13.1. The number of thiazole rings is 1. The Morgan fingerprint density at radius 2 is 2.00 bits per heavy atom. The summed E-state index contributed by atoms with van der Waals surface area (Å²) in [7, 11) is -3.64. The molecule has 1 N–H and O–H groups in total. The number of anilines is 1. The average molecular weight is 551 g/mol. The smallest absolute Gasteiger partial charge is 0.273 e. The topological polar surface area (TPSA) is 95.1 Å². The van der Waals surface area contributed by atoms with Gasteiger partial charge in [-0.25, -0.2) is 23.4 Å². The number of fused-ring (bicyclic) bond motifs is 1. The first-order chi connectivity index (χ1) is 18.0. The Labute approximate surface area is 223 Å². The van der Waals surface area contributed by atoms with Crippen LogP contribution in [-0.2, 0) is 16.6 Å². The zero-order valence-corrected chi connectivity index (χ0v) is 22.7.